The van der Waals surface area contributed by atoms with Crippen LogP contribution in [0, 0.1) is 13.8 Å². The molecule has 0 saturated carbocycles. The molecule has 2 aromatic rings. The van der Waals surface area contributed by atoms with E-state index >= 15 is 0 Å². The Hall–Kier alpha value is -2.78. The van der Waals surface area contributed by atoms with E-state index in [1.165, 1.54) is 0 Å². The minimum Gasteiger partial charge on any atom is -0.457 e. The highest BCUT2D eigenvalue weighted by Crippen LogP contribution is 2.31. The number of aliphatic hydroxyl groups is 2. The lowest BCUT2D eigenvalue weighted by atomic mass is 9.94. The summed E-state index contributed by atoms with van der Waals surface area (Å²) < 4.78 is 10.2. The maximum Gasteiger partial charge on any atom is 0.338 e. The molecule has 8 nitrogen and oxygen atoms in total. The first kappa shape index (κ1) is 23.9. The molecule has 1 unspecified atom stereocenters. The van der Waals surface area contributed by atoms with Gasteiger partial charge in [0.05, 0.1) is 23.3 Å². The van der Waals surface area contributed by atoms with Crippen molar-refractivity contribution < 1.29 is 29.3 Å². The van der Waals surface area contributed by atoms with Gasteiger partial charge in [0.15, 0.2) is 0 Å². The van der Waals surface area contributed by atoms with Gasteiger partial charge in [0.1, 0.15) is 13.2 Å². The summed E-state index contributed by atoms with van der Waals surface area (Å²) in [5.41, 5.74) is 6.50. The fourth-order valence-corrected chi connectivity index (χ4v) is 5.39. The molecule has 1 fully saturated rings. The highest BCUT2D eigenvalue weighted by Gasteiger charge is 2.28. The maximum absolute atomic E-state index is 11.8. The molecular weight excluding hydrogens is 448 g/mol. The van der Waals surface area contributed by atoms with E-state index < -0.39 is 12.2 Å². The standard InChI is InChI=1S/C27H32N2O6/c1-16-11-22-18(14-34-27(22)33)12-21(16)25(31)13-29-9-7-28(8-10-29)6-5-24(30)19-3-4-20-23(17(19)2)15-35-26(20)32/h3-4,11-12,24-25,30-31H,5-10,13-15H2,1-2H3/t24-,25?/m0/s1. The molecule has 1 saturated heterocycles. The van der Waals surface area contributed by atoms with E-state index in [1.807, 2.05) is 32.0 Å². The van der Waals surface area contributed by atoms with Crippen molar-refractivity contribution in [2.45, 2.75) is 45.7 Å². The molecule has 0 aliphatic carbocycles. The van der Waals surface area contributed by atoms with E-state index in [2.05, 4.69) is 9.80 Å². The van der Waals surface area contributed by atoms with Crippen molar-refractivity contribution >= 4 is 11.9 Å². The molecule has 8 heteroatoms. The van der Waals surface area contributed by atoms with Gasteiger partial charge in [-0.25, -0.2) is 9.59 Å². The largest absolute Gasteiger partial charge is 0.457 e. The summed E-state index contributed by atoms with van der Waals surface area (Å²) >= 11 is 0. The highest BCUT2D eigenvalue weighted by atomic mass is 16.5. The van der Waals surface area contributed by atoms with Gasteiger partial charge in [-0.3, -0.25) is 4.90 Å². The maximum atomic E-state index is 11.8. The molecule has 35 heavy (non-hydrogen) atoms. The predicted octanol–water partition coefficient (Wildman–Crippen LogP) is 2.42. The molecule has 186 valence electrons. The third-order valence-electron chi connectivity index (χ3n) is 7.61. The smallest absolute Gasteiger partial charge is 0.338 e. The first-order valence-corrected chi connectivity index (χ1v) is 12.2. The second kappa shape index (κ2) is 9.70. The minimum absolute atomic E-state index is 0.273. The molecular formula is C27H32N2O6. The van der Waals surface area contributed by atoms with Crippen LogP contribution >= 0.6 is 0 Å². The van der Waals surface area contributed by atoms with Crippen LogP contribution in [-0.4, -0.2) is 71.2 Å². The number of β-amino-alcohol motifs (C(OH)–C–C–N with tert-alkyl or cyclic N) is 1. The number of benzene rings is 2. The number of aryl methyl sites for hydroxylation is 1. The number of esters is 2. The van der Waals surface area contributed by atoms with Crippen LogP contribution in [0.4, 0.5) is 0 Å². The number of fused-ring (bicyclic) bond motifs is 2. The molecule has 2 N–H and O–H groups in total. The van der Waals surface area contributed by atoms with Crippen LogP contribution in [0.3, 0.4) is 0 Å². The molecule has 0 bridgehead atoms. The van der Waals surface area contributed by atoms with Crippen molar-refractivity contribution in [1.29, 1.82) is 0 Å². The van der Waals surface area contributed by atoms with Crippen LogP contribution in [0.5, 0.6) is 0 Å². The second-order valence-corrected chi connectivity index (χ2v) is 9.79. The molecule has 3 aliphatic heterocycles. The number of ether oxygens (including phenoxy) is 2. The average molecular weight is 481 g/mol. The Kier molecular flexibility index (Phi) is 6.63. The summed E-state index contributed by atoms with van der Waals surface area (Å²) in [4.78, 5) is 28.1. The van der Waals surface area contributed by atoms with Crippen LogP contribution in [0.25, 0.3) is 0 Å². The van der Waals surface area contributed by atoms with Crippen LogP contribution in [0.2, 0.25) is 0 Å². The molecule has 0 aromatic heterocycles. The Balaban J connectivity index is 1.11. The molecule has 2 aromatic carbocycles. The first-order valence-electron chi connectivity index (χ1n) is 12.2. The van der Waals surface area contributed by atoms with E-state index in [4.69, 9.17) is 9.47 Å². The number of nitrogens with zero attached hydrogens (tertiary/aromatic N) is 2. The number of carbonyl (C=O) groups is 2. The lowest BCUT2D eigenvalue weighted by Gasteiger charge is -2.36. The molecule has 2 atom stereocenters. The van der Waals surface area contributed by atoms with Gasteiger partial charge in [-0.15, -0.1) is 0 Å². The fraction of sp³-hybridized carbons (Fsp3) is 0.481. The highest BCUT2D eigenvalue weighted by molar-refractivity contribution is 5.94. The Morgan fingerprint density at radius 3 is 2.31 bits per heavy atom. The van der Waals surface area contributed by atoms with Gasteiger partial charge < -0.3 is 24.6 Å². The number of carbonyl (C=O) groups excluding carboxylic acids is 2. The van der Waals surface area contributed by atoms with Crippen molar-refractivity contribution in [3.8, 4) is 0 Å². The molecule has 3 heterocycles. The zero-order chi connectivity index (χ0) is 24.7. The minimum atomic E-state index is -0.622. The van der Waals surface area contributed by atoms with E-state index in [1.54, 1.807) is 6.07 Å². The van der Waals surface area contributed by atoms with E-state index in [0.717, 1.165) is 66.1 Å². The number of hydrogen-bond acceptors (Lipinski definition) is 8. The Morgan fingerprint density at radius 1 is 0.857 bits per heavy atom. The molecule has 0 amide bonds. The third kappa shape index (κ3) is 4.71. The summed E-state index contributed by atoms with van der Waals surface area (Å²) in [6.45, 7) is 9.17. The lowest BCUT2D eigenvalue weighted by molar-refractivity contribution is 0.0526. The topological polar surface area (TPSA) is 99.5 Å². The van der Waals surface area contributed by atoms with Crippen molar-refractivity contribution in [1.82, 2.24) is 9.80 Å². The van der Waals surface area contributed by atoms with Crippen LogP contribution in [0.15, 0.2) is 24.3 Å². The second-order valence-electron chi connectivity index (χ2n) is 9.79. The monoisotopic (exact) mass is 480 g/mol. The third-order valence-corrected chi connectivity index (χ3v) is 7.61. The van der Waals surface area contributed by atoms with Gasteiger partial charge in [0, 0.05) is 50.4 Å². The Labute approximate surface area is 205 Å². The molecule has 0 spiro atoms. The van der Waals surface area contributed by atoms with Gasteiger partial charge in [0.25, 0.3) is 0 Å². The van der Waals surface area contributed by atoms with E-state index in [9.17, 15) is 19.8 Å². The normalized spacial score (nSPS) is 19.8. The Bertz CT molecular complexity index is 1150. The van der Waals surface area contributed by atoms with Crippen molar-refractivity contribution in [2.24, 2.45) is 0 Å². The predicted molar refractivity (Wildman–Crippen MR) is 128 cm³/mol. The van der Waals surface area contributed by atoms with Crippen molar-refractivity contribution in [3.63, 3.8) is 0 Å². The number of cyclic esters (lactones) is 2. The zero-order valence-electron chi connectivity index (χ0n) is 20.2. The van der Waals surface area contributed by atoms with Crippen molar-refractivity contribution in [2.75, 3.05) is 39.3 Å². The van der Waals surface area contributed by atoms with Crippen LogP contribution in [-0.2, 0) is 22.7 Å². The Morgan fingerprint density at radius 2 is 1.54 bits per heavy atom. The number of rotatable bonds is 7. The van der Waals surface area contributed by atoms with Gasteiger partial charge in [-0.05, 0) is 60.7 Å². The fourth-order valence-electron chi connectivity index (χ4n) is 5.39. The summed E-state index contributed by atoms with van der Waals surface area (Å²) in [6.07, 6.45) is -0.593. The molecule has 3 aliphatic rings. The summed E-state index contributed by atoms with van der Waals surface area (Å²) in [6, 6.07) is 7.32. The quantitative estimate of drug-likeness (QED) is 0.583. The first-order chi connectivity index (χ1) is 16.8. The van der Waals surface area contributed by atoms with Gasteiger partial charge in [0.2, 0.25) is 0 Å². The summed E-state index contributed by atoms with van der Waals surface area (Å²) in [7, 11) is 0. The molecule has 5 rings (SSSR count). The summed E-state index contributed by atoms with van der Waals surface area (Å²) in [5, 5.41) is 21.7. The SMILES string of the molecule is Cc1cc2c(cc1C(O)CN1CCN(CC[C@H](O)c3ccc4c(c3C)COC4=O)CC1)COC2=O. The van der Waals surface area contributed by atoms with Gasteiger partial charge >= 0.3 is 11.9 Å². The van der Waals surface area contributed by atoms with Crippen LogP contribution in [0.1, 0.15) is 72.7 Å². The summed E-state index contributed by atoms with van der Waals surface area (Å²) in [5.74, 6) is -0.580. The zero-order valence-corrected chi connectivity index (χ0v) is 20.2. The lowest BCUT2D eigenvalue weighted by Crippen LogP contribution is -2.47. The van der Waals surface area contributed by atoms with E-state index in [-0.39, 0.29) is 25.2 Å². The molecule has 0 radical (unpaired) electrons. The van der Waals surface area contributed by atoms with Crippen LogP contribution < -0.4 is 0 Å². The number of aliphatic hydroxyl groups excluding tert-OH is 2. The number of piperazine rings is 1. The van der Waals surface area contributed by atoms with E-state index in [0.29, 0.717) is 24.1 Å². The van der Waals surface area contributed by atoms with Crippen molar-refractivity contribution in [3.05, 3.63) is 68.8 Å². The average Bonchev–Trinajstić information content (AvgIpc) is 3.40. The van der Waals surface area contributed by atoms with Gasteiger partial charge in [-0.2, -0.15) is 0 Å². The number of hydrogen-bond donors (Lipinski definition) is 2. The van der Waals surface area contributed by atoms with Gasteiger partial charge in [-0.1, -0.05) is 6.07 Å².